The second-order valence-electron chi connectivity index (χ2n) is 7.23. The van der Waals surface area contributed by atoms with Gasteiger partial charge in [0.25, 0.3) is 0 Å². The molecule has 0 spiro atoms. The fourth-order valence-electron chi connectivity index (χ4n) is 4.11. The highest BCUT2D eigenvalue weighted by atomic mass is 19.4. The van der Waals surface area contributed by atoms with Gasteiger partial charge in [-0.3, -0.25) is 14.5 Å². The van der Waals surface area contributed by atoms with E-state index in [1.54, 1.807) is 6.20 Å². The molecule has 8 heteroatoms. The second-order valence-corrected chi connectivity index (χ2v) is 7.23. The maximum absolute atomic E-state index is 13.0. The molecule has 144 valence electrons. The van der Waals surface area contributed by atoms with Gasteiger partial charge in [0.2, 0.25) is 5.91 Å². The Hall–Kier alpha value is -2.38. The summed E-state index contributed by atoms with van der Waals surface area (Å²) < 4.78 is 39.6. The minimum Gasteiger partial charge on any atom is -0.342 e. The third-order valence-electron chi connectivity index (χ3n) is 5.54. The van der Waals surface area contributed by atoms with Crippen LogP contribution in [-0.2, 0) is 17.4 Å². The zero-order chi connectivity index (χ0) is 19.0. The maximum atomic E-state index is 13.0. The van der Waals surface area contributed by atoms with Gasteiger partial charge < -0.3 is 4.90 Å². The molecule has 0 N–H and O–H groups in total. The van der Waals surface area contributed by atoms with Gasteiger partial charge in [0.1, 0.15) is 0 Å². The van der Waals surface area contributed by atoms with Gasteiger partial charge >= 0.3 is 6.18 Å². The summed E-state index contributed by atoms with van der Waals surface area (Å²) in [5.41, 5.74) is 1.16. The van der Waals surface area contributed by atoms with E-state index in [1.807, 2.05) is 17.0 Å². The predicted octanol–water partition coefficient (Wildman–Crippen LogP) is 3.58. The maximum Gasteiger partial charge on any atom is 0.435 e. The number of halogens is 3. The minimum absolute atomic E-state index is 0.0875. The Morgan fingerprint density at radius 1 is 1.15 bits per heavy atom. The van der Waals surface area contributed by atoms with Crippen molar-refractivity contribution < 1.29 is 18.0 Å². The van der Waals surface area contributed by atoms with Crippen LogP contribution in [0.15, 0.2) is 30.6 Å². The van der Waals surface area contributed by atoms with Gasteiger partial charge in [-0.2, -0.15) is 18.3 Å². The van der Waals surface area contributed by atoms with Crippen molar-refractivity contribution in [1.29, 1.82) is 0 Å². The highest BCUT2D eigenvalue weighted by Crippen LogP contribution is 2.33. The Kier molecular flexibility index (Phi) is 4.65. The van der Waals surface area contributed by atoms with Gasteiger partial charge in [-0.25, -0.2) is 0 Å². The van der Waals surface area contributed by atoms with Gasteiger partial charge in [-0.1, -0.05) is 6.07 Å². The molecule has 0 saturated carbocycles. The molecule has 0 radical (unpaired) electrons. The number of piperidine rings is 1. The average Bonchev–Trinajstić information content (AvgIpc) is 3.18. The van der Waals surface area contributed by atoms with Crippen LogP contribution in [-0.4, -0.2) is 38.7 Å². The molecule has 1 amide bonds. The fraction of sp³-hybridized carbons (Fsp3) is 0.526. The topological polar surface area (TPSA) is 51.0 Å². The summed E-state index contributed by atoms with van der Waals surface area (Å²) in [6.07, 6.45) is 2.62. The normalized spacial score (nSPS) is 21.1. The zero-order valence-electron chi connectivity index (χ0n) is 14.8. The minimum atomic E-state index is -4.43. The lowest BCUT2D eigenvalue weighted by atomic mass is 9.85. The van der Waals surface area contributed by atoms with Crippen molar-refractivity contribution in [3.05, 3.63) is 47.5 Å². The number of carbonyl (C=O) groups is 1. The number of carbonyl (C=O) groups excluding carboxylic acids is 1. The van der Waals surface area contributed by atoms with E-state index in [2.05, 4.69) is 10.1 Å². The van der Waals surface area contributed by atoms with Crippen LogP contribution in [0.25, 0.3) is 0 Å². The van der Waals surface area contributed by atoms with Crippen molar-refractivity contribution >= 4 is 5.91 Å². The standard InChI is InChI=1S/C19H21F3N4O/c20-19(21,22)16-8-12-26(24-16)14-6-10-25(11-7-14)18(27)15-5-1-3-13-4-2-9-23-17(13)15/h2,4,8-9,12,14-15H,1,3,5-7,10-11H2. The van der Waals surface area contributed by atoms with Crippen LogP contribution in [0.5, 0.6) is 0 Å². The molecule has 27 heavy (non-hydrogen) atoms. The summed E-state index contributed by atoms with van der Waals surface area (Å²) in [5, 5.41) is 3.67. The Labute approximate surface area is 155 Å². The van der Waals surface area contributed by atoms with Crippen molar-refractivity contribution in [2.24, 2.45) is 0 Å². The van der Waals surface area contributed by atoms with E-state index in [1.165, 1.54) is 10.9 Å². The van der Waals surface area contributed by atoms with Crippen LogP contribution in [0.1, 0.15) is 54.6 Å². The van der Waals surface area contributed by atoms with E-state index in [0.29, 0.717) is 25.9 Å². The van der Waals surface area contributed by atoms with Crippen LogP contribution in [0, 0.1) is 0 Å². The summed E-state index contributed by atoms with van der Waals surface area (Å²) in [6.45, 7) is 1.06. The first-order chi connectivity index (χ1) is 12.9. The Morgan fingerprint density at radius 3 is 2.63 bits per heavy atom. The highest BCUT2D eigenvalue weighted by Gasteiger charge is 2.36. The first-order valence-corrected chi connectivity index (χ1v) is 9.28. The van der Waals surface area contributed by atoms with Crippen LogP contribution in [0.2, 0.25) is 0 Å². The molecule has 2 aromatic heterocycles. The van der Waals surface area contributed by atoms with Gasteiger partial charge in [-0.05, 0) is 49.8 Å². The Morgan fingerprint density at radius 2 is 1.93 bits per heavy atom. The molecule has 0 aromatic carbocycles. The van der Waals surface area contributed by atoms with E-state index in [9.17, 15) is 18.0 Å². The van der Waals surface area contributed by atoms with Gasteiger partial charge in [0.05, 0.1) is 17.7 Å². The average molecular weight is 378 g/mol. The third kappa shape index (κ3) is 3.57. The molecule has 0 bridgehead atoms. The van der Waals surface area contributed by atoms with Crippen molar-refractivity contribution in [2.75, 3.05) is 13.1 Å². The van der Waals surface area contributed by atoms with Gasteiger partial charge in [0.15, 0.2) is 5.69 Å². The molecule has 1 fully saturated rings. The number of rotatable bonds is 2. The number of fused-ring (bicyclic) bond motifs is 1. The molecule has 1 atom stereocenters. The molecule has 1 aliphatic carbocycles. The highest BCUT2D eigenvalue weighted by molar-refractivity contribution is 5.84. The number of hydrogen-bond acceptors (Lipinski definition) is 3. The number of aromatic nitrogens is 3. The van der Waals surface area contributed by atoms with Crippen molar-refractivity contribution in [2.45, 2.75) is 50.2 Å². The van der Waals surface area contributed by atoms with Crippen LogP contribution >= 0.6 is 0 Å². The van der Waals surface area contributed by atoms with Crippen LogP contribution < -0.4 is 0 Å². The number of hydrogen-bond donors (Lipinski definition) is 0. The van der Waals surface area contributed by atoms with E-state index >= 15 is 0 Å². The van der Waals surface area contributed by atoms with E-state index < -0.39 is 11.9 Å². The van der Waals surface area contributed by atoms with Crippen molar-refractivity contribution in [1.82, 2.24) is 19.7 Å². The molecule has 1 unspecified atom stereocenters. The Balaban J connectivity index is 1.41. The molecule has 1 saturated heterocycles. The molecule has 1 aliphatic heterocycles. The first kappa shape index (κ1) is 18.0. The van der Waals surface area contributed by atoms with Crippen LogP contribution in [0.4, 0.5) is 13.2 Å². The quantitative estimate of drug-likeness (QED) is 0.803. The van der Waals surface area contributed by atoms with E-state index in [0.717, 1.165) is 36.6 Å². The van der Waals surface area contributed by atoms with Crippen LogP contribution in [0.3, 0.4) is 0 Å². The predicted molar refractivity (Wildman–Crippen MR) is 92.0 cm³/mol. The number of amides is 1. The molecule has 3 heterocycles. The Bertz CT molecular complexity index is 824. The molecular formula is C19H21F3N4O. The van der Waals surface area contributed by atoms with E-state index in [4.69, 9.17) is 0 Å². The molecule has 2 aromatic rings. The van der Waals surface area contributed by atoms with E-state index in [-0.39, 0.29) is 17.9 Å². The molecule has 4 rings (SSSR count). The first-order valence-electron chi connectivity index (χ1n) is 9.28. The number of aryl methyl sites for hydroxylation is 1. The fourth-order valence-corrected chi connectivity index (χ4v) is 4.11. The van der Waals surface area contributed by atoms with Crippen molar-refractivity contribution in [3.8, 4) is 0 Å². The SMILES string of the molecule is O=C(C1CCCc2cccnc21)N1CCC(n2ccc(C(F)(F)F)n2)CC1. The zero-order valence-corrected chi connectivity index (χ0v) is 14.8. The van der Waals surface area contributed by atoms with Gasteiger partial charge in [0, 0.05) is 25.5 Å². The summed E-state index contributed by atoms with van der Waals surface area (Å²) in [4.78, 5) is 19.3. The van der Waals surface area contributed by atoms with Crippen molar-refractivity contribution in [3.63, 3.8) is 0 Å². The molecule has 2 aliphatic rings. The summed E-state index contributed by atoms with van der Waals surface area (Å²) in [6, 6.07) is 4.82. The van der Waals surface area contributed by atoms with Gasteiger partial charge in [-0.15, -0.1) is 0 Å². The number of pyridine rings is 1. The lowest BCUT2D eigenvalue weighted by Crippen LogP contribution is -2.42. The monoisotopic (exact) mass is 378 g/mol. The molecule has 5 nitrogen and oxygen atoms in total. The largest absolute Gasteiger partial charge is 0.435 e. The number of nitrogens with zero attached hydrogens (tertiary/aromatic N) is 4. The lowest BCUT2D eigenvalue weighted by molar-refractivity contribution is -0.141. The number of likely N-dealkylation sites (tertiary alicyclic amines) is 1. The summed E-state index contributed by atoms with van der Waals surface area (Å²) in [5.74, 6) is -0.113. The smallest absolute Gasteiger partial charge is 0.342 e. The molecular weight excluding hydrogens is 357 g/mol. The third-order valence-corrected chi connectivity index (χ3v) is 5.54. The number of alkyl halides is 3. The lowest BCUT2D eigenvalue weighted by Gasteiger charge is -2.35. The summed E-state index contributed by atoms with van der Waals surface area (Å²) in [7, 11) is 0. The second kappa shape index (κ2) is 6.98. The summed E-state index contributed by atoms with van der Waals surface area (Å²) >= 11 is 0.